The fraction of sp³-hybridized carbons (Fsp3) is 0.0732. The Balaban J connectivity index is 1.34. The molecule has 1 aliphatic rings. The number of fused-ring (bicyclic) bond motifs is 7. The van der Waals surface area contributed by atoms with E-state index in [1.165, 1.54) is 64.7 Å². The minimum absolute atomic E-state index is 0.199. The van der Waals surface area contributed by atoms with Crippen LogP contribution in [0.1, 0.15) is 11.1 Å². The van der Waals surface area contributed by atoms with E-state index < -0.39 is 16.7 Å². The molecule has 0 saturated carbocycles. The number of halogens is 1. The van der Waals surface area contributed by atoms with Crippen molar-refractivity contribution in [2.45, 2.75) is 12.3 Å². The van der Waals surface area contributed by atoms with Crippen molar-refractivity contribution in [1.29, 1.82) is 0 Å². The molecule has 4 heteroatoms. The molecule has 1 heterocycles. The second-order valence-electron chi connectivity index (χ2n) is 11.8. The molecule has 0 amide bonds. The summed E-state index contributed by atoms with van der Waals surface area (Å²) in [5, 5.41) is 10.6. The second kappa shape index (κ2) is 11.7. The first-order chi connectivity index (χ1) is 22.2. The maximum atomic E-state index is 14.2. The van der Waals surface area contributed by atoms with Gasteiger partial charge >= 0.3 is 0 Å². The van der Waals surface area contributed by atoms with Gasteiger partial charge in [0.1, 0.15) is 20.4 Å². The van der Waals surface area contributed by atoms with Gasteiger partial charge in [-0.05, 0) is 90.9 Å². The molecule has 0 N–H and O–H groups in total. The average molecular weight is 619 g/mol. The molecule has 0 aliphatic carbocycles. The molecule has 0 aromatic heterocycles. The van der Waals surface area contributed by atoms with Crippen LogP contribution in [0.15, 0.2) is 146 Å². The van der Waals surface area contributed by atoms with Gasteiger partial charge in [-0.2, -0.15) is 0 Å². The lowest BCUT2D eigenvalue weighted by Crippen LogP contribution is -2.56. The first-order valence-corrected chi connectivity index (χ1v) is 18.9. The van der Waals surface area contributed by atoms with Crippen LogP contribution in [0.5, 0.6) is 5.75 Å². The lowest BCUT2D eigenvalue weighted by atomic mass is 9.88. The van der Waals surface area contributed by atoms with E-state index in [2.05, 4.69) is 121 Å². The van der Waals surface area contributed by atoms with E-state index in [0.717, 1.165) is 18.1 Å². The SMILES string of the molecule is COc1ccc([Si@@H](c2ccc(F)cc2)c2ccccc2P2Cc3ccc4ccccc4c3-c3c(ccc4ccccc34)C2)cc1. The first-order valence-electron chi connectivity index (χ1n) is 15.4. The minimum atomic E-state index is -1.95. The Hall–Kier alpha value is -4.56. The third-order valence-corrected chi connectivity index (χ3v) is 15.2. The summed E-state index contributed by atoms with van der Waals surface area (Å²) in [5.74, 6) is 0.648. The minimum Gasteiger partial charge on any atom is -0.497 e. The molecule has 1 atom stereocenters. The Kier molecular flexibility index (Phi) is 7.29. The Morgan fingerprint density at radius 2 is 1.07 bits per heavy atom. The van der Waals surface area contributed by atoms with Crippen LogP contribution >= 0.6 is 7.92 Å². The van der Waals surface area contributed by atoms with Gasteiger partial charge < -0.3 is 4.74 Å². The Bertz CT molecular complexity index is 2090. The largest absolute Gasteiger partial charge is 0.497 e. The van der Waals surface area contributed by atoms with Gasteiger partial charge in [-0.15, -0.1) is 0 Å². The zero-order valence-electron chi connectivity index (χ0n) is 25.1. The van der Waals surface area contributed by atoms with Crippen molar-refractivity contribution >= 4 is 59.1 Å². The van der Waals surface area contributed by atoms with E-state index >= 15 is 0 Å². The maximum absolute atomic E-state index is 14.2. The van der Waals surface area contributed by atoms with Gasteiger partial charge in [0.2, 0.25) is 0 Å². The van der Waals surface area contributed by atoms with Crippen molar-refractivity contribution in [3.05, 3.63) is 163 Å². The van der Waals surface area contributed by atoms with E-state index in [4.69, 9.17) is 4.74 Å². The average Bonchev–Trinajstić information content (AvgIpc) is 3.27. The maximum Gasteiger partial charge on any atom is 0.133 e. The fourth-order valence-electron chi connectivity index (χ4n) is 7.15. The van der Waals surface area contributed by atoms with E-state index in [1.807, 2.05) is 12.1 Å². The van der Waals surface area contributed by atoms with E-state index in [-0.39, 0.29) is 5.82 Å². The van der Waals surface area contributed by atoms with Gasteiger partial charge in [-0.3, -0.25) is 0 Å². The van der Waals surface area contributed by atoms with Gasteiger partial charge in [-0.25, -0.2) is 4.39 Å². The van der Waals surface area contributed by atoms with Gasteiger partial charge in [0.15, 0.2) is 0 Å². The lowest BCUT2D eigenvalue weighted by molar-refractivity contribution is 0.415. The first kappa shape index (κ1) is 27.9. The number of ether oxygens (including phenoxy) is 1. The van der Waals surface area contributed by atoms with Crippen LogP contribution in [-0.4, -0.2) is 15.9 Å². The van der Waals surface area contributed by atoms with Crippen molar-refractivity contribution < 1.29 is 9.13 Å². The number of methoxy groups -OCH3 is 1. The third-order valence-electron chi connectivity index (χ3n) is 9.24. The van der Waals surface area contributed by atoms with E-state index in [1.54, 1.807) is 19.2 Å². The summed E-state index contributed by atoms with van der Waals surface area (Å²) in [5.41, 5.74) is 5.64. The molecule has 0 bridgehead atoms. The summed E-state index contributed by atoms with van der Waals surface area (Å²) < 4.78 is 19.7. The smallest absolute Gasteiger partial charge is 0.133 e. The third kappa shape index (κ3) is 5.07. The Morgan fingerprint density at radius 1 is 0.556 bits per heavy atom. The van der Waals surface area contributed by atoms with Crippen molar-refractivity contribution in [3.63, 3.8) is 0 Å². The summed E-state index contributed by atoms with van der Waals surface area (Å²) >= 11 is 0. The summed E-state index contributed by atoms with van der Waals surface area (Å²) in [4.78, 5) is 0. The molecule has 218 valence electrons. The predicted molar refractivity (Wildman–Crippen MR) is 193 cm³/mol. The summed E-state index contributed by atoms with van der Waals surface area (Å²) in [6.07, 6.45) is 2.03. The Labute approximate surface area is 266 Å². The van der Waals surface area contributed by atoms with Gasteiger partial charge in [0, 0.05) is 0 Å². The molecule has 0 fully saturated rings. The van der Waals surface area contributed by atoms with Crippen molar-refractivity contribution in [3.8, 4) is 16.9 Å². The molecule has 0 radical (unpaired) electrons. The zero-order valence-corrected chi connectivity index (χ0v) is 27.1. The van der Waals surface area contributed by atoms with Crippen LogP contribution in [-0.2, 0) is 12.3 Å². The van der Waals surface area contributed by atoms with Gasteiger partial charge in [-0.1, -0.05) is 140 Å². The van der Waals surface area contributed by atoms with Crippen LogP contribution in [0.25, 0.3) is 32.7 Å². The fourth-order valence-corrected chi connectivity index (χ4v) is 13.6. The number of benzene rings is 7. The molecule has 7 aromatic carbocycles. The number of hydrogen-bond donors (Lipinski definition) is 0. The van der Waals surface area contributed by atoms with Crippen LogP contribution in [0.4, 0.5) is 4.39 Å². The molecular weight excluding hydrogens is 587 g/mol. The highest BCUT2D eigenvalue weighted by molar-refractivity contribution is 7.64. The molecule has 0 spiro atoms. The molecule has 0 unspecified atom stereocenters. The van der Waals surface area contributed by atoms with Crippen LogP contribution in [0, 0.1) is 5.82 Å². The summed E-state index contributed by atoms with van der Waals surface area (Å²) in [6, 6.07) is 51.9. The summed E-state index contributed by atoms with van der Waals surface area (Å²) in [7, 11) is -0.832. The van der Waals surface area contributed by atoms with Gasteiger partial charge in [0.25, 0.3) is 0 Å². The van der Waals surface area contributed by atoms with E-state index in [0.29, 0.717) is 0 Å². The number of rotatable bonds is 5. The van der Waals surface area contributed by atoms with Crippen molar-refractivity contribution in [2.75, 3.05) is 7.11 Å². The van der Waals surface area contributed by atoms with Crippen LogP contribution < -0.4 is 25.6 Å². The van der Waals surface area contributed by atoms with Crippen LogP contribution in [0.2, 0.25) is 0 Å². The van der Waals surface area contributed by atoms with Crippen molar-refractivity contribution in [1.82, 2.24) is 0 Å². The predicted octanol–water partition coefficient (Wildman–Crippen LogP) is 7.88. The topological polar surface area (TPSA) is 9.23 Å². The highest BCUT2D eigenvalue weighted by atomic mass is 31.1. The molecule has 1 aliphatic heterocycles. The second-order valence-corrected chi connectivity index (χ2v) is 16.8. The quantitative estimate of drug-likeness (QED) is 0.108. The zero-order chi connectivity index (χ0) is 30.3. The number of hydrogen-bond acceptors (Lipinski definition) is 1. The van der Waals surface area contributed by atoms with Crippen LogP contribution in [0.3, 0.4) is 0 Å². The summed E-state index contributed by atoms with van der Waals surface area (Å²) in [6.45, 7) is 0. The molecule has 1 nitrogen and oxygen atoms in total. The highest BCUT2D eigenvalue weighted by Gasteiger charge is 2.29. The van der Waals surface area contributed by atoms with Gasteiger partial charge in [0.05, 0.1) is 7.11 Å². The normalized spacial score (nSPS) is 13.6. The standard InChI is InChI=1S/C41H32FOPSi/c1-43-33-20-24-35(25-21-33)45(34-22-18-32(42)19-23-34)39-13-7-6-12-38(39)44-26-30-16-14-28-8-2-4-10-36(28)40(30)41-31(27-44)17-15-29-9-3-5-11-37(29)41/h2-25,45H,26-27H2,1H3/t45-/m1/s1. The lowest BCUT2D eigenvalue weighted by Gasteiger charge is -2.26. The molecule has 8 rings (SSSR count). The molecule has 7 aromatic rings. The molecular formula is C41H32FOPSi. The molecule has 45 heavy (non-hydrogen) atoms. The van der Waals surface area contributed by atoms with E-state index in [9.17, 15) is 4.39 Å². The Morgan fingerprint density at radius 3 is 1.64 bits per heavy atom. The highest BCUT2D eigenvalue weighted by Crippen LogP contribution is 2.52. The van der Waals surface area contributed by atoms with Crippen molar-refractivity contribution in [2.24, 2.45) is 0 Å². The molecule has 0 saturated heterocycles. The monoisotopic (exact) mass is 618 g/mol.